The van der Waals surface area contributed by atoms with Crippen LogP contribution in [0.1, 0.15) is 23.0 Å². The molecule has 0 unspecified atom stereocenters. The second-order valence-corrected chi connectivity index (χ2v) is 7.91. The van der Waals surface area contributed by atoms with Crippen molar-refractivity contribution in [3.8, 4) is 10.4 Å². The average molecular weight is 430 g/mol. The Morgan fingerprint density at radius 2 is 1.71 bits per heavy atom. The molecule has 0 radical (unpaired) electrons. The second-order valence-electron chi connectivity index (χ2n) is 6.96. The van der Waals surface area contributed by atoms with Gasteiger partial charge in [0.25, 0.3) is 5.91 Å². The van der Waals surface area contributed by atoms with Crippen molar-refractivity contribution in [3.63, 3.8) is 0 Å². The van der Waals surface area contributed by atoms with Gasteiger partial charge in [-0.15, -0.1) is 11.3 Å². The molecule has 0 bridgehead atoms. The second kappa shape index (κ2) is 9.40. The van der Waals surface area contributed by atoms with Gasteiger partial charge in [0.1, 0.15) is 5.82 Å². The average Bonchev–Trinajstić information content (AvgIpc) is 3.30. The van der Waals surface area contributed by atoms with E-state index in [9.17, 15) is 4.79 Å². The van der Waals surface area contributed by atoms with Gasteiger partial charge >= 0.3 is 0 Å². The molecule has 0 aliphatic heterocycles. The molecule has 156 valence electrons. The molecule has 0 aliphatic carbocycles. The molecule has 7 heteroatoms. The summed E-state index contributed by atoms with van der Waals surface area (Å²) in [7, 11) is 0. The quantitative estimate of drug-likeness (QED) is 0.339. The number of amides is 1. The van der Waals surface area contributed by atoms with Gasteiger partial charge in [0.15, 0.2) is 0 Å². The maximum absolute atomic E-state index is 12.6. The summed E-state index contributed by atoms with van der Waals surface area (Å²) >= 11 is 1.68. The molecule has 6 nitrogen and oxygen atoms in total. The van der Waals surface area contributed by atoms with Gasteiger partial charge in [-0.05, 0) is 67.3 Å². The Morgan fingerprint density at radius 3 is 2.39 bits per heavy atom. The number of carbonyl (C=O) groups excluding carboxylic acids is 1. The summed E-state index contributed by atoms with van der Waals surface area (Å²) in [6, 6.07) is 21.1. The van der Waals surface area contributed by atoms with Gasteiger partial charge in [0.2, 0.25) is 5.95 Å². The molecule has 0 aliphatic rings. The molecular weight excluding hydrogens is 406 g/mol. The maximum atomic E-state index is 12.6. The van der Waals surface area contributed by atoms with Crippen LogP contribution in [-0.4, -0.2) is 22.4 Å². The summed E-state index contributed by atoms with van der Waals surface area (Å²) in [5.41, 5.74) is 4.21. The molecule has 2 aromatic heterocycles. The van der Waals surface area contributed by atoms with E-state index < -0.39 is 0 Å². The Kier molecular flexibility index (Phi) is 6.24. The van der Waals surface area contributed by atoms with Gasteiger partial charge in [-0.25, -0.2) is 4.98 Å². The minimum Gasteiger partial charge on any atom is -0.354 e. The van der Waals surface area contributed by atoms with Gasteiger partial charge in [-0.3, -0.25) is 4.79 Å². The zero-order valence-electron chi connectivity index (χ0n) is 17.3. The first-order chi connectivity index (χ1) is 15.1. The summed E-state index contributed by atoms with van der Waals surface area (Å²) in [5, 5.41) is 11.4. The number of rotatable bonds is 7. The highest BCUT2D eigenvalue weighted by Crippen LogP contribution is 2.25. The zero-order chi connectivity index (χ0) is 21.6. The van der Waals surface area contributed by atoms with Crippen LogP contribution in [0, 0.1) is 6.92 Å². The lowest BCUT2D eigenvalue weighted by Gasteiger charge is -2.10. The molecule has 0 atom stereocenters. The zero-order valence-corrected chi connectivity index (χ0v) is 18.2. The van der Waals surface area contributed by atoms with Crippen molar-refractivity contribution in [2.24, 2.45) is 0 Å². The van der Waals surface area contributed by atoms with Crippen molar-refractivity contribution < 1.29 is 4.79 Å². The number of aryl methyl sites for hydroxylation is 1. The maximum Gasteiger partial charge on any atom is 0.255 e. The van der Waals surface area contributed by atoms with Crippen molar-refractivity contribution in [1.82, 2.24) is 9.97 Å². The van der Waals surface area contributed by atoms with Gasteiger partial charge in [-0.1, -0.05) is 18.2 Å². The monoisotopic (exact) mass is 429 g/mol. The van der Waals surface area contributed by atoms with Gasteiger partial charge in [-0.2, -0.15) is 4.98 Å². The SMILES string of the molecule is CCNc1nc(C)cc(Nc2ccc(NC(=O)c3ccc(-c4cccs4)cc3)cc2)n1. The van der Waals surface area contributed by atoms with E-state index in [1.165, 1.54) is 4.88 Å². The molecule has 0 spiro atoms. The third-order valence-electron chi connectivity index (χ3n) is 4.56. The summed E-state index contributed by atoms with van der Waals surface area (Å²) in [5.74, 6) is 1.17. The lowest BCUT2D eigenvalue weighted by molar-refractivity contribution is 0.102. The smallest absolute Gasteiger partial charge is 0.255 e. The van der Waals surface area contributed by atoms with E-state index in [0.717, 1.165) is 29.2 Å². The Labute approximate surface area is 185 Å². The standard InChI is InChI=1S/C24H23N5OS/c1-3-25-24-26-16(2)15-22(29-24)27-19-10-12-20(13-11-19)28-23(30)18-8-6-17(7-9-18)21-5-4-14-31-21/h4-15H,3H2,1-2H3,(H,28,30)(H2,25,26,27,29). The number of benzene rings is 2. The fourth-order valence-corrected chi connectivity index (χ4v) is 3.82. The summed E-state index contributed by atoms with van der Waals surface area (Å²) in [6.07, 6.45) is 0. The third-order valence-corrected chi connectivity index (χ3v) is 5.48. The highest BCUT2D eigenvalue weighted by atomic mass is 32.1. The molecule has 2 heterocycles. The van der Waals surface area contributed by atoms with Crippen LogP contribution in [-0.2, 0) is 0 Å². The summed E-state index contributed by atoms with van der Waals surface area (Å²) < 4.78 is 0. The number of nitrogens with zero attached hydrogens (tertiary/aromatic N) is 2. The van der Waals surface area contributed by atoms with Crippen LogP contribution >= 0.6 is 11.3 Å². The van der Waals surface area contributed by atoms with Crippen LogP contribution in [0.15, 0.2) is 72.1 Å². The van der Waals surface area contributed by atoms with Crippen molar-refractivity contribution in [2.75, 3.05) is 22.5 Å². The molecule has 3 N–H and O–H groups in total. The molecule has 0 saturated heterocycles. The van der Waals surface area contributed by atoms with E-state index in [-0.39, 0.29) is 5.91 Å². The van der Waals surface area contributed by atoms with E-state index in [1.807, 2.05) is 79.9 Å². The van der Waals surface area contributed by atoms with Crippen molar-refractivity contribution in [1.29, 1.82) is 0 Å². The molecule has 4 rings (SSSR count). The number of hydrogen-bond donors (Lipinski definition) is 3. The Bertz CT molecular complexity index is 1160. The largest absolute Gasteiger partial charge is 0.354 e. The number of anilines is 4. The van der Waals surface area contributed by atoms with Gasteiger partial charge in [0, 0.05) is 40.1 Å². The first kappa shape index (κ1) is 20.6. The molecule has 0 fully saturated rings. The highest BCUT2D eigenvalue weighted by molar-refractivity contribution is 7.13. The molecule has 2 aromatic carbocycles. The molecule has 0 saturated carbocycles. The number of aromatic nitrogens is 2. The van der Waals surface area contributed by atoms with Crippen LogP contribution < -0.4 is 16.0 Å². The lowest BCUT2D eigenvalue weighted by Crippen LogP contribution is -2.11. The van der Waals surface area contributed by atoms with Crippen LogP contribution in [0.4, 0.5) is 23.1 Å². The lowest BCUT2D eigenvalue weighted by atomic mass is 10.1. The number of nitrogens with one attached hydrogen (secondary N) is 3. The minimum absolute atomic E-state index is 0.139. The fraction of sp³-hybridized carbons (Fsp3) is 0.125. The van der Waals surface area contributed by atoms with Crippen molar-refractivity contribution in [3.05, 3.63) is 83.4 Å². The molecule has 1 amide bonds. The minimum atomic E-state index is -0.139. The highest BCUT2D eigenvalue weighted by Gasteiger charge is 2.08. The van der Waals surface area contributed by atoms with Crippen LogP contribution in [0.5, 0.6) is 0 Å². The van der Waals surface area contributed by atoms with Crippen LogP contribution in [0.3, 0.4) is 0 Å². The Balaban J connectivity index is 1.40. The number of hydrogen-bond acceptors (Lipinski definition) is 6. The van der Waals surface area contributed by atoms with E-state index >= 15 is 0 Å². The third kappa shape index (κ3) is 5.26. The normalized spacial score (nSPS) is 10.5. The Morgan fingerprint density at radius 1 is 0.968 bits per heavy atom. The molecule has 31 heavy (non-hydrogen) atoms. The van der Waals surface area contributed by atoms with Gasteiger partial charge < -0.3 is 16.0 Å². The molecular formula is C24H23N5OS. The summed E-state index contributed by atoms with van der Waals surface area (Å²) in [6.45, 7) is 4.69. The number of carbonyl (C=O) groups is 1. The van der Waals surface area contributed by atoms with Crippen LogP contribution in [0.25, 0.3) is 10.4 Å². The number of thiophene rings is 1. The van der Waals surface area contributed by atoms with Crippen LogP contribution in [0.2, 0.25) is 0 Å². The fourth-order valence-electron chi connectivity index (χ4n) is 3.09. The van der Waals surface area contributed by atoms with Crippen molar-refractivity contribution in [2.45, 2.75) is 13.8 Å². The summed E-state index contributed by atoms with van der Waals surface area (Å²) in [4.78, 5) is 22.6. The van der Waals surface area contributed by atoms with Gasteiger partial charge in [0.05, 0.1) is 0 Å². The van der Waals surface area contributed by atoms with Crippen molar-refractivity contribution >= 4 is 40.4 Å². The predicted octanol–water partition coefficient (Wildman–Crippen LogP) is 5.94. The van der Waals surface area contributed by atoms with E-state index in [0.29, 0.717) is 17.3 Å². The first-order valence-electron chi connectivity index (χ1n) is 10.0. The Hall–Kier alpha value is -3.71. The van der Waals surface area contributed by atoms with E-state index in [1.54, 1.807) is 11.3 Å². The predicted molar refractivity (Wildman–Crippen MR) is 128 cm³/mol. The first-order valence-corrected chi connectivity index (χ1v) is 10.9. The molecule has 4 aromatic rings. The topological polar surface area (TPSA) is 78.9 Å². The van der Waals surface area contributed by atoms with E-state index in [2.05, 4.69) is 32.0 Å². The van der Waals surface area contributed by atoms with E-state index in [4.69, 9.17) is 0 Å².